The van der Waals surface area contributed by atoms with Crippen LogP contribution in [0.4, 0.5) is 11.4 Å². The molecule has 2 unspecified atom stereocenters. The lowest BCUT2D eigenvalue weighted by molar-refractivity contribution is -0.149. The molecule has 0 spiro atoms. The van der Waals surface area contributed by atoms with Crippen LogP contribution < -0.4 is 15.1 Å². The van der Waals surface area contributed by atoms with Crippen LogP contribution in [-0.4, -0.2) is 79.5 Å². The van der Waals surface area contributed by atoms with Gasteiger partial charge >= 0.3 is 11.9 Å². The Morgan fingerprint density at radius 1 is 1.24 bits per heavy atom. The normalized spacial score (nSPS) is 20.0. The van der Waals surface area contributed by atoms with Crippen molar-refractivity contribution in [3.63, 3.8) is 0 Å². The van der Waals surface area contributed by atoms with E-state index in [2.05, 4.69) is 5.32 Å². The molecule has 200 valence electrons. The third-order valence-corrected chi connectivity index (χ3v) is 6.19. The lowest BCUT2D eigenvalue weighted by atomic mass is 9.99. The summed E-state index contributed by atoms with van der Waals surface area (Å²) in [4.78, 5) is 75.8. The Labute approximate surface area is 213 Å². The summed E-state index contributed by atoms with van der Waals surface area (Å²) in [6, 6.07) is 5.39. The van der Waals surface area contributed by atoms with Crippen LogP contribution >= 0.6 is 0 Å². The number of nitrogens with zero attached hydrogens (tertiary/aromatic N) is 2. The number of benzene rings is 1. The number of carbonyl (C=O) groups excluding carboxylic acids is 5. The summed E-state index contributed by atoms with van der Waals surface area (Å²) >= 11 is 0. The molecule has 3 amide bonds. The summed E-state index contributed by atoms with van der Waals surface area (Å²) in [5.41, 5.74) is 0.777. The van der Waals surface area contributed by atoms with Gasteiger partial charge in [-0.2, -0.15) is 0 Å². The topological polar surface area (TPSA) is 160 Å². The van der Waals surface area contributed by atoms with Crippen LogP contribution in [-0.2, 0) is 38.2 Å². The highest BCUT2D eigenvalue weighted by atomic mass is 16.6. The molecule has 1 aromatic rings. The second-order valence-corrected chi connectivity index (χ2v) is 9.02. The maximum absolute atomic E-state index is 13.6. The summed E-state index contributed by atoms with van der Waals surface area (Å²) in [6.07, 6.45) is 0.791. The van der Waals surface area contributed by atoms with E-state index in [0.29, 0.717) is 43.7 Å². The number of nitrogens with one attached hydrogen (secondary N) is 1. The lowest BCUT2D eigenvalue weighted by Gasteiger charge is -2.25. The molecular weight excluding hydrogens is 486 g/mol. The molecule has 2 N–H and O–H groups in total. The van der Waals surface area contributed by atoms with Crippen molar-refractivity contribution in [2.24, 2.45) is 5.92 Å². The average molecular weight is 518 g/mol. The molecule has 0 saturated carbocycles. The number of hydrogen-bond acceptors (Lipinski definition) is 8. The van der Waals surface area contributed by atoms with Crippen LogP contribution in [0.15, 0.2) is 24.3 Å². The summed E-state index contributed by atoms with van der Waals surface area (Å²) in [5, 5.41) is 11.2. The number of anilines is 2. The van der Waals surface area contributed by atoms with Crippen molar-refractivity contribution < 1.29 is 43.3 Å². The second-order valence-electron chi connectivity index (χ2n) is 9.02. The van der Waals surface area contributed by atoms with E-state index in [1.54, 1.807) is 24.3 Å². The molecule has 0 aliphatic carbocycles. The number of carboxylic acids is 1. The van der Waals surface area contributed by atoms with Gasteiger partial charge in [0.1, 0.15) is 18.9 Å². The second kappa shape index (κ2) is 12.9. The van der Waals surface area contributed by atoms with Crippen molar-refractivity contribution in [3.05, 3.63) is 24.3 Å². The first-order valence-corrected chi connectivity index (χ1v) is 12.1. The molecule has 0 aromatic heterocycles. The largest absolute Gasteiger partial charge is 0.481 e. The number of rotatable bonds is 11. The van der Waals surface area contributed by atoms with Crippen LogP contribution in [0.5, 0.6) is 0 Å². The standard InChI is InChI=1S/C25H31N3O9/c1-16(30)27-12-17(5-4-8-24(34)37-19-9-10-36-15-19)25(35)28(21-7-3-2-6-20(21)27)13-22(31)26-18(14-29)11-23(32)33/h2-3,6-7,14,17-19H,4-5,8-13,15H2,1H3,(H,26,31)(H,32,33)/t17?,18-,19?/m0/s1. The number of fused-ring (bicyclic) bond motifs is 1. The van der Waals surface area contributed by atoms with Gasteiger partial charge in [0, 0.05) is 26.3 Å². The average Bonchev–Trinajstić information content (AvgIpc) is 3.32. The predicted molar refractivity (Wildman–Crippen MR) is 130 cm³/mol. The van der Waals surface area contributed by atoms with Crippen molar-refractivity contribution in [2.45, 2.75) is 51.2 Å². The summed E-state index contributed by atoms with van der Waals surface area (Å²) in [5.74, 6) is -3.81. The third-order valence-electron chi connectivity index (χ3n) is 6.19. The van der Waals surface area contributed by atoms with E-state index in [0.717, 1.165) is 0 Å². The molecule has 1 saturated heterocycles. The fraction of sp³-hybridized carbons (Fsp3) is 0.520. The number of amides is 3. The smallest absolute Gasteiger partial charge is 0.306 e. The molecule has 2 aliphatic rings. The minimum atomic E-state index is -1.26. The number of hydrogen-bond donors (Lipinski definition) is 2. The Bertz CT molecular complexity index is 1040. The monoisotopic (exact) mass is 517 g/mol. The molecule has 37 heavy (non-hydrogen) atoms. The highest BCUT2D eigenvalue weighted by Crippen LogP contribution is 2.35. The minimum absolute atomic E-state index is 0.0603. The van der Waals surface area contributed by atoms with Gasteiger partial charge in [-0.15, -0.1) is 0 Å². The van der Waals surface area contributed by atoms with Gasteiger partial charge in [-0.3, -0.25) is 24.0 Å². The van der Waals surface area contributed by atoms with E-state index < -0.39 is 48.7 Å². The van der Waals surface area contributed by atoms with E-state index in [1.165, 1.54) is 16.7 Å². The maximum atomic E-state index is 13.6. The molecule has 1 fully saturated rings. The van der Waals surface area contributed by atoms with Crippen LogP contribution in [0.3, 0.4) is 0 Å². The fourth-order valence-electron chi connectivity index (χ4n) is 4.39. The lowest BCUT2D eigenvalue weighted by Crippen LogP contribution is -2.47. The number of aliphatic carboxylic acids is 1. The van der Waals surface area contributed by atoms with Gasteiger partial charge in [0.15, 0.2) is 0 Å². The zero-order valence-corrected chi connectivity index (χ0v) is 20.6. The van der Waals surface area contributed by atoms with Crippen LogP contribution in [0, 0.1) is 5.92 Å². The molecule has 2 heterocycles. The summed E-state index contributed by atoms with van der Waals surface area (Å²) in [7, 11) is 0. The summed E-state index contributed by atoms with van der Waals surface area (Å²) < 4.78 is 10.6. The zero-order valence-electron chi connectivity index (χ0n) is 20.6. The van der Waals surface area contributed by atoms with E-state index in [4.69, 9.17) is 14.6 Å². The van der Waals surface area contributed by atoms with Gasteiger partial charge in [-0.1, -0.05) is 12.1 Å². The molecule has 3 atom stereocenters. The number of aldehydes is 1. The molecule has 0 radical (unpaired) electrons. The molecular formula is C25H31N3O9. The minimum Gasteiger partial charge on any atom is -0.481 e. The number of para-hydroxylation sites is 2. The van der Waals surface area contributed by atoms with Crippen molar-refractivity contribution in [1.82, 2.24) is 5.32 Å². The quantitative estimate of drug-likeness (QED) is 0.317. The Balaban J connectivity index is 1.75. The first kappa shape index (κ1) is 27.8. The van der Waals surface area contributed by atoms with Crippen LogP contribution in [0.1, 0.15) is 39.0 Å². The Kier molecular flexibility index (Phi) is 9.72. The zero-order chi connectivity index (χ0) is 26.9. The van der Waals surface area contributed by atoms with Crippen molar-refractivity contribution in [3.8, 4) is 0 Å². The first-order chi connectivity index (χ1) is 17.7. The molecule has 0 bridgehead atoms. The predicted octanol–water partition coefficient (Wildman–Crippen LogP) is 0.663. The van der Waals surface area contributed by atoms with Crippen molar-refractivity contribution >= 4 is 47.3 Å². The van der Waals surface area contributed by atoms with E-state index in [1.807, 2.05) is 0 Å². The third kappa shape index (κ3) is 7.59. The highest BCUT2D eigenvalue weighted by Gasteiger charge is 2.36. The van der Waals surface area contributed by atoms with E-state index in [9.17, 15) is 28.8 Å². The van der Waals surface area contributed by atoms with Gasteiger partial charge in [0.2, 0.25) is 17.7 Å². The summed E-state index contributed by atoms with van der Waals surface area (Å²) in [6.45, 7) is 1.87. The molecule has 12 nitrogen and oxygen atoms in total. The number of ether oxygens (including phenoxy) is 2. The van der Waals surface area contributed by atoms with Crippen LogP contribution in [0.25, 0.3) is 0 Å². The Morgan fingerprint density at radius 3 is 2.59 bits per heavy atom. The van der Waals surface area contributed by atoms with Crippen LogP contribution in [0.2, 0.25) is 0 Å². The van der Waals surface area contributed by atoms with Gasteiger partial charge in [-0.05, 0) is 25.0 Å². The number of carboxylic acid groups (broad SMARTS) is 1. The first-order valence-electron chi connectivity index (χ1n) is 12.1. The Hall–Kier alpha value is -3.80. The molecule has 3 rings (SSSR count). The van der Waals surface area contributed by atoms with Crippen molar-refractivity contribution in [2.75, 3.05) is 36.1 Å². The van der Waals surface area contributed by atoms with Gasteiger partial charge < -0.3 is 34.5 Å². The van der Waals surface area contributed by atoms with Crippen molar-refractivity contribution in [1.29, 1.82) is 0 Å². The SMILES string of the molecule is CC(=O)N1CC(CCCC(=O)OC2CCOC2)C(=O)N(CC(=O)N[C@H](C=O)CC(=O)O)c2ccccc21. The van der Waals surface area contributed by atoms with Gasteiger partial charge in [0.25, 0.3) is 0 Å². The maximum Gasteiger partial charge on any atom is 0.306 e. The van der Waals surface area contributed by atoms with E-state index in [-0.39, 0.29) is 31.4 Å². The molecule has 2 aliphatic heterocycles. The highest BCUT2D eigenvalue weighted by molar-refractivity contribution is 6.07. The Morgan fingerprint density at radius 2 is 1.97 bits per heavy atom. The number of esters is 1. The fourth-order valence-corrected chi connectivity index (χ4v) is 4.39. The molecule has 1 aromatic carbocycles. The molecule has 12 heteroatoms. The van der Waals surface area contributed by atoms with E-state index >= 15 is 0 Å². The van der Waals surface area contributed by atoms with Gasteiger partial charge in [0.05, 0.1) is 43.0 Å². The van der Waals surface area contributed by atoms with Gasteiger partial charge in [-0.25, -0.2) is 0 Å². The number of carbonyl (C=O) groups is 6.